The highest BCUT2D eigenvalue weighted by Crippen LogP contribution is 2.50. The van der Waals surface area contributed by atoms with Crippen molar-refractivity contribution in [3.05, 3.63) is 34.4 Å². The SMILES string of the molecule is CC(C)(CO)Cn1cc(C2(C#N)CC2)c2ccc(Br)cc21. The van der Waals surface area contributed by atoms with E-state index in [1.165, 1.54) is 0 Å². The molecule has 0 unspecified atom stereocenters. The number of aromatic nitrogens is 1. The summed E-state index contributed by atoms with van der Waals surface area (Å²) in [7, 11) is 0. The largest absolute Gasteiger partial charge is 0.396 e. The molecule has 1 aromatic carbocycles. The highest BCUT2D eigenvalue weighted by atomic mass is 79.9. The summed E-state index contributed by atoms with van der Waals surface area (Å²) < 4.78 is 3.22. The van der Waals surface area contributed by atoms with E-state index in [2.05, 4.69) is 44.9 Å². The fourth-order valence-electron chi connectivity index (χ4n) is 2.85. The van der Waals surface area contributed by atoms with Crippen molar-refractivity contribution in [1.29, 1.82) is 5.26 Å². The smallest absolute Gasteiger partial charge is 0.0844 e. The lowest BCUT2D eigenvalue weighted by atomic mass is 9.95. The van der Waals surface area contributed by atoms with Crippen molar-refractivity contribution in [2.45, 2.75) is 38.6 Å². The van der Waals surface area contributed by atoms with Gasteiger partial charge in [-0.05, 0) is 30.5 Å². The normalized spacial score (nSPS) is 16.9. The third kappa shape index (κ3) is 2.49. The molecule has 3 rings (SSSR count). The first-order valence-corrected chi connectivity index (χ1v) is 8.01. The average Bonchev–Trinajstić information content (AvgIpc) is 3.18. The number of halogens is 1. The molecule has 0 saturated heterocycles. The average molecular weight is 347 g/mol. The van der Waals surface area contributed by atoms with E-state index in [1.54, 1.807) is 0 Å². The van der Waals surface area contributed by atoms with Gasteiger partial charge in [0.25, 0.3) is 0 Å². The lowest BCUT2D eigenvalue weighted by Crippen LogP contribution is -2.23. The standard InChI is InChI=1S/C17H19BrN2O/c1-16(2,11-21)10-20-8-14(17(9-19)5-6-17)13-4-3-12(18)7-15(13)20/h3-4,7-8,21H,5-6,10-11H2,1-2H3. The van der Waals surface area contributed by atoms with Gasteiger partial charge >= 0.3 is 0 Å². The minimum atomic E-state index is -0.291. The van der Waals surface area contributed by atoms with Crippen molar-refractivity contribution >= 4 is 26.8 Å². The first-order valence-electron chi connectivity index (χ1n) is 7.22. The molecule has 0 aliphatic heterocycles. The Bertz CT molecular complexity index is 735. The predicted molar refractivity (Wildman–Crippen MR) is 87.0 cm³/mol. The number of nitrogens with zero attached hydrogens (tertiary/aromatic N) is 2. The summed E-state index contributed by atoms with van der Waals surface area (Å²) in [6, 6.07) is 8.71. The molecule has 3 nitrogen and oxygen atoms in total. The maximum absolute atomic E-state index is 9.53. The van der Waals surface area contributed by atoms with Gasteiger partial charge < -0.3 is 9.67 Å². The van der Waals surface area contributed by atoms with Crippen molar-refractivity contribution in [1.82, 2.24) is 4.57 Å². The van der Waals surface area contributed by atoms with Crippen LogP contribution < -0.4 is 0 Å². The zero-order chi connectivity index (χ0) is 15.3. The van der Waals surface area contributed by atoms with Crippen LogP contribution in [0.1, 0.15) is 32.3 Å². The van der Waals surface area contributed by atoms with Gasteiger partial charge in [-0.1, -0.05) is 35.8 Å². The van der Waals surface area contributed by atoms with Crippen LogP contribution in [0.5, 0.6) is 0 Å². The Kier molecular flexibility index (Phi) is 3.38. The van der Waals surface area contributed by atoms with Gasteiger partial charge in [-0.2, -0.15) is 5.26 Å². The van der Waals surface area contributed by atoms with Gasteiger partial charge in [0.15, 0.2) is 0 Å². The summed E-state index contributed by atoms with van der Waals surface area (Å²) in [6.07, 6.45) is 4.01. The molecule has 4 heteroatoms. The van der Waals surface area contributed by atoms with Crippen molar-refractivity contribution < 1.29 is 5.11 Å². The van der Waals surface area contributed by atoms with Crippen molar-refractivity contribution in [2.75, 3.05) is 6.61 Å². The molecule has 1 aromatic heterocycles. The molecule has 1 N–H and O–H groups in total. The van der Waals surface area contributed by atoms with Crippen LogP contribution in [0.15, 0.2) is 28.9 Å². The molecular weight excluding hydrogens is 328 g/mol. The molecule has 1 saturated carbocycles. The Hall–Kier alpha value is -1.31. The molecule has 0 spiro atoms. The van der Waals surface area contributed by atoms with E-state index in [0.29, 0.717) is 0 Å². The third-order valence-corrected chi connectivity index (χ3v) is 4.84. The molecule has 0 radical (unpaired) electrons. The number of hydrogen-bond acceptors (Lipinski definition) is 2. The molecule has 1 aliphatic rings. The first kappa shape index (κ1) is 14.6. The zero-order valence-corrected chi connectivity index (χ0v) is 13.9. The highest BCUT2D eigenvalue weighted by Gasteiger charge is 2.46. The van der Waals surface area contributed by atoms with Crippen LogP contribution in [0.25, 0.3) is 10.9 Å². The van der Waals surface area contributed by atoms with Gasteiger partial charge in [-0.15, -0.1) is 0 Å². The Balaban J connectivity index is 2.17. The van der Waals surface area contributed by atoms with E-state index in [1.807, 2.05) is 19.9 Å². The molecule has 0 bridgehead atoms. The maximum Gasteiger partial charge on any atom is 0.0844 e. The Morgan fingerprint density at radius 2 is 2.14 bits per heavy atom. The van der Waals surface area contributed by atoms with Crippen LogP contribution in [0.4, 0.5) is 0 Å². The minimum Gasteiger partial charge on any atom is -0.396 e. The van der Waals surface area contributed by atoms with Crippen molar-refractivity contribution in [2.24, 2.45) is 5.41 Å². The van der Waals surface area contributed by atoms with Gasteiger partial charge in [-0.3, -0.25) is 0 Å². The number of nitriles is 1. The van der Waals surface area contributed by atoms with Gasteiger partial charge in [0.1, 0.15) is 0 Å². The zero-order valence-electron chi connectivity index (χ0n) is 12.4. The van der Waals surface area contributed by atoms with Crippen LogP contribution in [-0.4, -0.2) is 16.3 Å². The summed E-state index contributed by atoms with van der Waals surface area (Å²) >= 11 is 3.53. The second-order valence-electron chi connectivity index (χ2n) is 6.85. The van der Waals surface area contributed by atoms with E-state index in [9.17, 15) is 10.4 Å². The summed E-state index contributed by atoms with van der Waals surface area (Å²) in [6.45, 7) is 4.97. The highest BCUT2D eigenvalue weighted by molar-refractivity contribution is 9.10. The van der Waals surface area contributed by atoms with Crippen LogP contribution in [0.2, 0.25) is 0 Å². The molecule has 0 atom stereocenters. The monoisotopic (exact) mass is 346 g/mol. The molecule has 1 aliphatic carbocycles. The van der Waals surface area contributed by atoms with E-state index < -0.39 is 0 Å². The van der Waals surface area contributed by atoms with Crippen molar-refractivity contribution in [3.8, 4) is 6.07 Å². The predicted octanol–water partition coefficient (Wildman–Crippen LogP) is 3.98. The minimum absolute atomic E-state index is 0.138. The number of hydrogen-bond donors (Lipinski definition) is 1. The van der Waals surface area contributed by atoms with E-state index in [4.69, 9.17) is 0 Å². The second kappa shape index (κ2) is 4.86. The molecule has 1 heterocycles. The number of aliphatic hydroxyl groups excluding tert-OH is 1. The Labute approximate surface area is 133 Å². The number of aliphatic hydroxyl groups is 1. The molecule has 1 fully saturated rings. The fourth-order valence-corrected chi connectivity index (χ4v) is 3.20. The third-order valence-electron chi connectivity index (χ3n) is 4.35. The number of rotatable bonds is 4. The van der Waals surface area contributed by atoms with Crippen LogP contribution in [0, 0.1) is 16.7 Å². The van der Waals surface area contributed by atoms with E-state index in [-0.39, 0.29) is 17.4 Å². The molecule has 21 heavy (non-hydrogen) atoms. The molecule has 110 valence electrons. The maximum atomic E-state index is 9.53. The molecule has 0 amide bonds. The summed E-state index contributed by atoms with van der Waals surface area (Å²) in [5.41, 5.74) is 1.79. The van der Waals surface area contributed by atoms with E-state index >= 15 is 0 Å². The quantitative estimate of drug-likeness (QED) is 0.910. The molecule has 2 aromatic rings. The topological polar surface area (TPSA) is 49.0 Å². The summed E-state index contributed by atoms with van der Waals surface area (Å²) in [5.74, 6) is 0. The van der Waals surface area contributed by atoms with Crippen molar-refractivity contribution in [3.63, 3.8) is 0 Å². The lowest BCUT2D eigenvalue weighted by molar-refractivity contribution is 0.142. The second-order valence-corrected chi connectivity index (χ2v) is 7.76. The van der Waals surface area contributed by atoms with Gasteiger partial charge in [0.05, 0.1) is 11.5 Å². The lowest BCUT2D eigenvalue weighted by Gasteiger charge is -2.22. The van der Waals surface area contributed by atoms with E-state index in [0.717, 1.165) is 40.3 Å². The van der Waals surface area contributed by atoms with Gasteiger partial charge in [-0.25, -0.2) is 0 Å². The summed E-state index contributed by atoms with van der Waals surface area (Å²) in [5, 5.41) is 20.2. The first-order chi connectivity index (χ1) is 9.91. The molecular formula is C17H19BrN2O. The fraction of sp³-hybridized carbons (Fsp3) is 0.471. The van der Waals surface area contributed by atoms with Gasteiger partial charge in [0, 0.05) is 40.1 Å². The number of benzene rings is 1. The number of fused-ring (bicyclic) bond motifs is 1. The van der Waals surface area contributed by atoms with Crippen LogP contribution in [0.3, 0.4) is 0 Å². The van der Waals surface area contributed by atoms with Gasteiger partial charge in [0.2, 0.25) is 0 Å². The van der Waals surface area contributed by atoms with Crippen LogP contribution >= 0.6 is 15.9 Å². The Morgan fingerprint density at radius 3 is 2.71 bits per heavy atom. The van der Waals surface area contributed by atoms with Crippen LogP contribution in [-0.2, 0) is 12.0 Å². The Morgan fingerprint density at radius 1 is 1.43 bits per heavy atom. The summed E-state index contributed by atoms with van der Waals surface area (Å²) in [4.78, 5) is 0.